The fourth-order valence-corrected chi connectivity index (χ4v) is 5.82. The summed E-state index contributed by atoms with van der Waals surface area (Å²) < 4.78 is 22.4. The molecule has 1 N–H and O–H groups in total. The normalized spacial score (nSPS) is 14.5. The van der Waals surface area contributed by atoms with Gasteiger partial charge in [0.2, 0.25) is 0 Å². The summed E-state index contributed by atoms with van der Waals surface area (Å²) in [7, 11) is 0. The molecule has 2 aromatic heterocycles. The van der Waals surface area contributed by atoms with E-state index < -0.39 is 17.2 Å². The molecule has 5 rings (SSSR count). The van der Waals surface area contributed by atoms with E-state index in [-0.39, 0.29) is 12.3 Å². The number of carbonyl (C=O) groups is 1. The predicted octanol–water partition coefficient (Wildman–Crippen LogP) is 7.18. The van der Waals surface area contributed by atoms with Crippen LogP contribution in [0.4, 0.5) is 10.1 Å². The number of aliphatic carboxylic acids is 1. The van der Waals surface area contributed by atoms with Crippen LogP contribution in [0.1, 0.15) is 69.1 Å². The highest BCUT2D eigenvalue weighted by molar-refractivity contribution is 5.79. The number of nitrogens with zero attached hydrogens (tertiary/aromatic N) is 4. The Morgan fingerprint density at radius 1 is 1.10 bits per heavy atom. The molecule has 0 spiro atoms. The highest BCUT2D eigenvalue weighted by Crippen LogP contribution is 2.34. The van der Waals surface area contributed by atoms with Crippen molar-refractivity contribution in [2.24, 2.45) is 11.3 Å². The second-order valence-corrected chi connectivity index (χ2v) is 11.8. The smallest absolute Gasteiger partial charge is 0.310 e. The average Bonchev–Trinajstić information content (AvgIpc) is 3.31. The minimum Gasteiger partial charge on any atom is -0.487 e. The predicted molar refractivity (Wildman–Crippen MR) is 164 cm³/mol. The average molecular weight is 573 g/mol. The van der Waals surface area contributed by atoms with Crippen LogP contribution < -0.4 is 9.64 Å². The molecule has 222 valence electrons. The monoisotopic (exact) mass is 572 g/mol. The largest absolute Gasteiger partial charge is 0.487 e. The van der Waals surface area contributed by atoms with E-state index >= 15 is 0 Å². The number of hydrogen-bond acceptors (Lipinski definition) is 5. The number of ether oxygens (including phenoxy) is 1. The lowest BCUT2D eigenvalue weighted by atomic mass is 9.79. The molecule has 0 atom stereocenters. The Kier molecular flexibility index (Phi) is 8.80. The van der Waals surface area contributed by atoms with Crippen molar-refractivity contribution in [3.05, 3.63) is 83.2 Å². The lowest BCUT2D eigenvalue weighted by Gasteiger charge is -2.32. The van der Waals surface area contributed by atoms with E-state index in [1.54, 1.807) is 13.1 Å². The van der Waals surface area contributed by atoms with Gasteiger partial charge in [0.1, 0.15) is 29.7 Å². The Bertz CT molecular complexity index is 1540. The van der Waals surface area contributed by atoms with Crippen molar-refractivity contribution in [3.8, 4) is 5.75 Å². The van der Waals surface area contributed by atoms with Crippen LogP contribution in [0.15, 0.2) is 54.7 Å². The number of aryl methyl sites for hydroxylation is 1. The summed E-state index contributed by atoms with van der Waals surface area (Å²) in [6.07, 6.45) is 5.39. The minimum absolute atomic E-state index is 0.00312. The molecular weight excluding hydrogens is 531 g/mol. The van der Waals surface area contributed by atoms with E-state index in [0.717, 1.165) is 47.0 Å². The number of piperidine rings is 1. The number of halogens is 1. The minimum atomic E-state index is -0.900. The number of fused-ring (bicyclic) bond motifs is 1. The van der Waals surface area contributed by atoms with Crippen molar-refractivity contribution in [1.82, 2.24) is 14.5 Å². The summed E-state index contributed by atoms with van der Waals surface area (Å²) in [6, 6.07) is 15.7. The molecule has 1 fully saturated rings. The van der Waals surface area contributed by atoms with Crippen molar-refractivity contribution in [2.45, 2.75) is 73.0 Å². The van der Waals surface area contributed by atoms with E-state index in [1.807, 2.05) is 32.0 Å². The molecule has 0 amide bonds. The van der Waals surface area contributed by atoms with Crippen LogP contribution >= 0.6 is 0 Å². The lowest BCUT2D eigenvalue weighted by Crippen LogP contribution is -2.33. The second-order valence-electron chi connectivity index (χ2n) is 11.8. The molecule has 7 nitrogen and oxygen atoms in total. The van der Waals surface area contributed by atoms with Gasteiger partial charge < -0.3 is 19.3 Å². The van der Waals surface area contributed by atoms with E-state index in [2.05, 4.69) is 45.6 Å². The Hall–Kier alpha value is -3.94. The Morgan fingerprint density at radius 2 is 1.81 bits per heavy atom. The van der Waals surface area contributed by atoms with E-state index in [4.69, 9.17) is 9.72 Å². The third kappa shape index (κ3) is 6.27. The zero-order valence-electron chi connectivity index (χ0n) is 25.1. The summed E-state index contributed by atoms with van der Waals surface area (Å²) in [6.45, 7) is 10.7. The fraction of sp³-hybridized carbons (Fsp3) is 0.441. The number of imidazole rings is 1. The van der Waals surface area contributed by atoms with Crippen LogP contribution in [-0.2, 0) is 24.4 Å². The molecule has 4 aromatic rings. The second kappa shape index (κ2) is 12.5. The van der Waals surface area contributed by atoms with Gasteiger partial charge in [0.05, 0.1) is 16.4 Å². The first-order valence-electron chi connectivity index (χ1n) is 15.0. The van der Waals surface area contributed by atoms with Crippen molar-refractivity contribution in [2.75, 3.05) is 18.0 Å². The highest BCUT2D eigenvalue weighted by atomic mass is 19.1. The van der Waals surface area contributed by atoms with Crippen LogP contribution in [0.3, 0.4) is 0 Å². The van der Waals surface area contributed by atoms with Crippen LogP contribution in [0.25, 0.3) is 11.0 Å². The summed E-state index contributed by atoms with van der Waals surface area (Å²) in [5, 5.41) is 10.2. The first kappa shape index (κ1) is 29.5. The number of rotatable bonds is 11. The fourth-order valence-electron chi connectivity index (χ4n) is 5.82. The molecule has 1 saturated heterocycles. The molecule has 1 aliphatic heterocycles. The standard InChI is InChI=1S/C34H41FN4O3/c1-5-34(6-2,33(40)41)19-32-37-29-12-11-27(42-22-30-28(35)17-24(4)20-36-30)18-31(29)39(32)21-25-7-9-26(10-8-25)38-15-13-23(3)14-16-38/h7-12,17-18,20,23H,5-6,13-16,19,21-22H2,1-4H3,(H,40,41). The third-order valence-electron chi connectivity index (χ3n) is 8.96. The first-order chi connectivity index (χ1) is 20.2. The SMILES string of the molecule is CCC(CC)(Cc1nc2ccc(OCc3ncc(C)cc3F)cc2n1Cc1ccc(N2CCC(C)CC2)cc1)C(=O)O. The molecule has 1 aliphatic rings. The molecule has 3 heterocycles. The van der Waals surface area contributed by atoms with E-state index in [0.29, 0.717) is 31.6 Å². The quantitative estimate of drug-likeness (QED) is 0.205. The third-order valence-corrected chi connectivity index (χ3v) is 8.96. The molecular formula is C34H41FN4O3. The molecule has 0 radical (unpaired) electrons. The summed E-state index contributed by atoms with van der Waals surface area (Å²) in [5.41, 5.74) is 4.05. The van der Waals surface area contributed by atoms with Crippen molar-refractivity contribution in [3.63, 3.8) is 0 Å². The molecule has 8 heteroatoms. The molecule has 2 aromatic carbocycles. The Labute approximate surface area is 247 Å². The number of hydrogen-bond donors (Lipinski definition) is 1. The topological polar surface area (TPSA) is 80.5 Å². The van der Waals surface area contributed by atoms with E-state index in [9.17, 15) is 14.3 Å². The Morgan fingerprint density at radius 3 is 2.45 bits per heavy atom. The van der Waals surface area contributed by atoms with Gasteiger partial charge in [-0.25, -0.2) is 9.37 Å². The number of anilines is 1. The number of benzene rings is 2. The van der Waals surface area contributed by atoms with Gasteiger partial charge >= 0.3 is 5.97 Å². The highest BCUT2D eigenvalue weighted by Gasteiger charge is 2.37. The van der Waals surface area contributed by atoms with Crippen molar-refractivity contribution >= 4 is 22.7 Å². The van der Waals surface area contributed by atoms with Gasteiger partial charge in [-0.3, -0.25) is 9.78 Å². The maximum absolute atomic E-state index is 14.4. The van der Waals surface area contributed by atoms with Crippen LogP contribution in [0.5, 0.6) is 5.75 Å². The first-order valence-corrected chi connectivity index (χ1v) is 15.0. The number of aromatic nitrogens is 3. The molecule has 0 saturated carbocycles. The number of carboxylic acid groups (broad SMARTS) is 1. The van der Waals surface area contributed by atoms with Gasteiger partial charge in [-0.1, -0.05) is 32.9 Å². The van der Waals surface area contributed by atoms with Gasteiger partial charge in [0.15, 0.2) is 0 Å². The van der Waals surface area contributed by atoms with Crippen LogP contribution in [0, 0.1) is 24.1 Å². The van der Waals surface area contributed by atoms with Gasteiger partial charge in [0, 0.05) is 44.0 Å². The van der Waals surface area contributed by atoms with Crippen LogP contribution in [-0.4, -0.2) is 38.7 Å². The molecule has 0 unspecified atom stereocenters. The molecule has 0 bridgehead atoms. The zero-order chi connectivity index (χ0) is 29.9. The Balaban J connectivity index is 1.46. The van der Waals surface area contributed by atoms with Crippen LogP contribution in [0.2, 0.25) is 0 Å². The maximum atomic E-state index is 14.4. The van der Waals surface area contributed by atoms with Crippen molar-refractivity contribution in [1.29, 1.82) is 0 Å². The summed E-state index contributed by atoms with van der Waals surface area (Å²) in [5.74, 6) is 0.882. The zero-order valence-corrected chi connectivity index (χ0v) is 25.1. The number of carboxylic acids is 1. The van der Waals surface area contributed by atoms with E-state index in [1.165, 1.54) is 24.6 Å². The van der Waals surface area contributed by atoms with Gasteiger partial charge in [-0.05, 0) is 80.0 Å². The molecule has 42 heavy (non-hydrogen) atoms. The lowest BCUT2D eigenvalue weighted by molar-refractivity contribution is -0.149. The van der Waals surface area contributed by atoms with Gasteiger partial charge in [-0.2, -0.15) is 0 Å². The summed E-state index contributed by atoms with van der Waals surface area (Å²) >= 11 is 0. The summed E-state index contributed by atoms with van der Waals surface area (Å²) in [4.78, 5) is 23.9. The molecule has 0 aliphatic carbocycles. The number of pyridine rings is 1. The van der Waals surface area contributed by atoms with Gasteiger partial charge in [-0.15, -0.1) is 0 Å². The van der Waals surface area contributed by atoms with Gasteiger partial charge in [0.25, 0.3) is 0 Å². The maximum Gasteiger partial charge on any atom is 0.310 e. The van der Waals surface area contributed by atoms with Crippen molar-refractivity contribution < 1.29 is 19.0 Å².